The number of carbonyl (C=O) groups is 2. The van der Waals surface area contributed by atoms with Crippen molar-refractivity contribution in [3.05, 3.63) is 23.3 Å². The molecule has 1 aromatic carbocycles. The van der Waals surface area contributed by atoms with Crippen LogP contribution in [0.4, 0.5) is 5.69 Å². The molecule has 1 aliphatic heterocycles. The summed E-state index contributed by atoms with van der Waals surface area (Å²) in [6.45, 7) is 2.12. The molecular weight excluding hydrogens is 234 g/mol. The number of benzene rings is 1. The van der Waals surface area contributed by atoms with Gasteiger partial charge in [0.05, 0.1) is 7.11 Å². The first-order valence-electron chi connectivity index (χ1n) is 5.77. The van der Waals surface area contributed by atoms with Gasteiger partial charge in [-0.15, -0.1) is 0 Å². The van der Waals surface area contributed by atoms with E-state index in [2.05, 4.69) is 0 Å². The maximum atomic E-state index is 11.5. The molecule has 0 aliphatic carbocycles. The van der Waals surface area contributed by atoms with Crippen LogP contribution in [-0.4, -0.2) is 30.6 Å². The Balaban J connectivity index is 2.63. The van der Waals surface area contributed by atoms with E-state index in [1.165, 1.54) is 14.0 Å². The second-order valence-corrected chi connectivity index (χ2v) is 4.22. The lowest BCUT2D eigenvalue weighted by atomic mass is 9.95. The van der Waals surface area contributed by atoms with E-state index in [4.69, 9.17) is 4.74 Å². The number of aromatic carboxylic acids is 1. The fourth-order valence-electron chi connectivity index (χ4n) is 2.39. The lowest BCUT2D eigenvalue weighted by Crippen LogP contribution is -2.34. The number of anilines is 1. The van der Waals surface area contributed by atoms with Crippen molar-refractivity contribution >= 4 is 17.6 Å². The third kappa shape index (κ3) is 1.92. The van der Waals surface area contributed by atoms with E-state index in [9.17, 15) is 14.7 Å². The molecule has 5 nitrogen and oxygen atoms in total. The molecule has 0 spiro atoms. The first-order valence-corrected chi connectivity index (χ1v) is 5.77. The molecule has 1 N–H and O–H groups in total. The summed E-state index contributed by atoms with van der Waals surface area (Å²) < 4.78 is 5.08. The quantitative estimate of drug-likeness (QED) is 0.866. The lowest BCUT2D eigenvalue weighted by molar-refractivity contribution is -0.116. The number of carbonyl (C=O) groups excluding carboxylic acids is 1. The van der Waals surface area contributed by atoms with Crippen molar-refractivity contribution in [2.24, 2.45) is 0 Å². The Morgan fingerprint density at radius 1 is 1.39 bits per heavy atom. The molecule has 18 heavy (non-hydrogen) atoms. The summed E-state index contributed by atoms with van der Waals surface area (Å²) in [5.41, 5.74) is 1.54. The molecule has 0 fully saturated rings. The fraction of sp³-hybridized carbons (Fsp3) is 0.385. The van der Waals surface area contributed by atoms with Crippen molar-refractivity contribution in [3.8, 4) is 5.75 Å². The van der Waals surface area contributed by atoms with Gasteiger partial charge in [0, 0.05) is 19.2 Å². The number of fused-ring (bicyclic) bond motifs is 1. The average molecular weight is 249 g/mol. The predicted molar refractivity (Wildman–Crippen MR) is 66.3 cm³/mol. The lowest BCUT2D eigenvalue weighted by Gasteiger charge is -2.30. The normalized spacial score (nSPS) is 14.0. The smallest absolute Gasteiger partial charge is 0.339 e. The van der Waals surface area contributed by atoms with Crippen LogP contribution in [0.2, 0.25) is 0 Å². The van der Waals surface area contributed by atoms with Gasteiger partial charge in [-0.3, -0.25) is 4.79 Å². The van der Waals surface area contributed by atoms with Crippen LogP contribution in [0, 0.1) is 0 Å². The van der Waals surface area contributed by atoms with Crippen molar-refractivity contribution in [1.82, 2.24) is 0 Å². The summed E-state index contributed by atoms with van der Waals surface area (Å²) in [6.07, 6.45) is 1.41. The molecule has 0 saturated heterocycles. The molecular formula is C13H15NO4. The molecule has 1 heterocycles. The van der Waals surface area contributed by atoms with E-state index < -0.39 is 5.97 Å². The molecule has 1 aromatic rings. The number of carboxylic acid groups (broad SMARTS) is 1. The molecule has 0 bridgehead atoms. The molecule has 0 aromatic heterocycles. The van der Waals surface area contributed by atoms with Crippen molar-refractivity contribution in [1.29, 1.82) is 0 Å². The van der Waals surface area contributed by atoms with Gasteiger partial charge in [0.25, 0.3) is 0 Å². The van der Waals surface area contributed by atoms with Gasteiger partial charge in [-0.1, -0.05) is 0 Å². The molecule has 5 heteroatoms. The minimum absolute atomic E-state index is 0.0718. The SMILES string of the molecule is COc1ccc2c(c1C(=O)O)CCCN2C(C)=O. The van der Waals surface area contributed by atoms with Gasteiger partial charge in [0.15, 0.2) is 0 Å². The van der Waals surface area contributed by atoms with Gasteiger partial charge in [-0.2, -0.15) is 0 Å². The van der Waals surface area contributed by atoms with Crippen LogP contribution in [0.15, 0.2) is 12.1 Å². The average Bonchev–Trinajstić information content (AvgIpc) is 2.35. The van der Waals surface area contributed by atoms with Crippen LogP contribution in [-0.2, 0) is 11.2 Å². The van der Waals surface area contributed by atoms with Crippen LogP contribution in [0.1, 0.15) is 29.3 Å². The first-order chi connectivity index (χ1) is 8.56. The van der Waals surface area contributed by atoms with E-state index in [0.717, 1.165) is 6.42 Å². The van der Waals surface area contributed by atoms with Crippen molar-refractivity contribution in [3.63, 3.8) is 0 Å². The predicted octanol–water partition coefficient (Wildman–Crippen LogP) is 1.69. The van der Waals surface area contributed by atoms with Gasteiger partial charge >= 0.3 is 5.97 Å². The number of methoxy groups -OCH3 is 1. The number of rotatable bonds is 2. The minimum atomic E-state index is -1.02. The fourth-order valence-corrected chi connectivity index (χ4v) is 2.39. The number of carboxylic acids is 1. The van der Waals surface area contributed by atoms with Crippen LogP contribution >= 0.6 is 0 Å². The van der Waals surface area contributed by atoms with E-state index >= 15 is 0 Å². The van der Waals surface area contributed by atoms with Gasteiger partial charge in [0.2, 0.25) is 5.91 Å². The second kappa shape index (κ2) is 4.68. The second-order valence-electron chi connectivity index (χ2n) is 4.22. The zero-order valence-electron chi connectivity index (χ0n) is 10.4. The van der Waals surface area contributed by atoms with Crippen LogP contribution in [0.25, 0.3) is 0 Å². The summed E-state index contributed by atoms with van der Waals surface area (Å²) in [5.74, 6) is -0.752. The third-order valence-corrected chi connectivity index (χ3v) is 3.16. The Labute approximate surface area is 105 Å². The van der Waals surface area contributed by atoms with Crippen LogP contribution in [0.5, 0.6) is 5.75 Å². The topological polar surface area (TPSA) is 66.8 Å². The third-order valence-electron chi connectivity index (χ3n) is 3.16. The molecule has 0 radical (unpaired) electrons. The summed E-state index contributed by atoms with van der Waals surface area (Å²) in [7, 11) is 1.44. The van der Waals surface area contributed by atoms with Gasteiger partial charge < -0.3 is 14.7 Å². The van der Waals surface area contributed by atoms with Crippen molar-refractivity contribution in [2.45, 2.75) is 19.8 Å². The van der Waals surface area contributed by atoms with Crippen LogP contribution < -0.4 is 9.64 Å². The molecule has 96 valence electrons. The highest BCUT2D eigenvalue weighted by atomic mass is 16.5. The van der Waals surface area contributed by atoms with E-state index in [1.807, 2.05) is 0 Å². The zero-order chi connectivity index (χ0) is 13.3. The van der Waals surface area contributed by atoms with Crippen LogP contribution in [0.3, 0.4) is 0 Å². The van der Waals surface area contributed by atoms with E-state index in [-0.39, 0.29) is 11.5 Å². The van der Waals surface area contributed by atoms with Crippen molar-refractivity contribution < 1.29 is 19.4 Å². The Morgan fingerprint density at radius 2 is 2.11 bits per heavy atom. The standard InChI is InChI=1S/C13H15NO4/c1-8(15)14-7-3-4-9-10(14)5-6-11(18-2)12(9)13(16)17/h5-6H,3-4,7H2,1-2H3,(H,16,17). The Bertz CT molecular complexity index is 510. The maximum absolute atomic E-state index is 11.5. The van der Waals surface area contributed by atoms with Crippen molar-refractivity contribution in [2.75, 3.05) is 18.6 Å². The number of amides is 1. The van der Waals surface area contributed by atoms with Gasteiger partial charge in [-0.05, 0) is 30.5 Å². The summed E-state index contributed by atoms with van der Waals surface area (Å²) in [6, 6.07) is 3.35. The monoisotopic (exact) mass is 249 g/mol. The highest BCUT2D eigenvalue weighted by Crippen LogP contribution is 2.35. The molecule has 0 atom stereocenters. The molecule has 0 unspecified atom stereocenters. The highest BCUT2D eigenvalue weighted by Gasteiger charge is 2.27. The molecule has 1 amide bonds. The Morgan fingerprint density at radius 3 is 2.67 bits per heavy atom. The maximum Gasteiger partial charge on any atom is 0.339 e. The highest BCUT2D eigenvalue weighted by molar-refractivity contribution is 5.99. The Hall–Kier alpha value is -2.04. The number of nitrogens with zero attached hydrogens (tertiary/aromatic N) is 1. The van der Waals surface area contributed by atoms with E-state index in [1.54, 1.807) is 17.0 Å². The summed E-state index contributed by atoms with van der Waals surface area (Å²) >= 11 is 0. The molecule has 1 aliphatic rings. The number of hydrogen-bond donors (Lipinski definition) is 1. The summed E-state index contributed by atoms with van der Waals surface area (Å²) in [5, 5.41) is 9.29. The van der Waals surface area contributed by atoms with Gasteiger partial charge in [0.1, 0.15) is 11.3 Å². The minimum Gasteiger partial charge on any atom is -0.496 e. The molecule has 2 rings (SSSR count). The number of hydrogen-bond acceptors (Lipinski definition) is 3. The first kappa shape index (κ1) is 12.4. The zero-order valence-corrected chi connectivity index (χ0v) is 10.4. The van der Waals surface area contributed by atoms with E-state index in [0.29, 0.717) is 30.0 Å². The summed E-state index contributed by atoms with van der Waals surface area (Å²) in [4.78, 5) is 24.5. The number of ether oxygens (including phenoxy) is 1. The molecule has 0 saturated carbocycles. The largest absolute Gasteiger partial charge is 0.496 e. The Kier molecular flexibility index (Phi) is 3.23. The van der Waals surface area contributed by atoms with Gasteiger partial charge in [-0.25, -0.2) is 4.79 Å².